The first-order chi connectivity index (χ1) is 15.5. The van der Waals surface area contributed by atoms with Crippen molar-refractivity contribution in [1.82, 2.24) is 9.80 Å². The van der Waals surface area contributed by atoms with Gasteiger partial charge in [0.05, 0.1) is 11.4 Å². The van der Waals surface area contributed by atoms with Crippen molar-refractivity contribution in [2.45, 2.75) is 20.3 Å². The van der Waals surface area contributed by atoms with E-state index in [-0.39, 0.29) is 11.8 Å². The second-order valence-corrected chi connectivity index (χ2v) is 9.07. The van der Waals surface area contributed by atoms with Crippen molar-refractivity contribution in [1.29, 1.82) is 0 Å². The number of carbonyl (C=O) groups excluding carboxylic acids is 2. The summed E-state index contributed by atoms with van der Waals surface area (Å²) in [7, 11) is 0. The molecule has 0 atom stereocenters. The predicted molar refractivity (Wildman–Crippen MR) is 131 cm³/mol. The highest BCUT2D eigenvalue weighted by Gasteiger charge is 2.26. The van der Waals surface area contributed by atoms with Crippen LogP contribution in [0.5, 0.6) is 0 Å². The Balaban J connectivity index is 1.33. The Kier molecular flexibility index (Phi) is 7.02. The molecule has 0 unspecified atom stereocenters. The Bertz CT molecular complexity index is 1080. The molecule has 1 aliphatic rings. The number of carbonyl (C=O) groups is 2. The van der Waals surface area contributed by atoms with E-state index >= 15 is 0 Å². The number of nitrogens with zero attached hydrogens (tertiary/aromatic N) is 2. The zero-order valence-electron chi connectivity index (χ0n) is 18.6. The number of nitrogens with one attached hydrogen (secondary N) is 1. The van der Waals surface area contributed by atoms with Gasteiger partial charge in [0.1, 0.15) is 0 Å². The monoisotopic (exact) mass is 447 g/mol. The number of hydrogen-bond acceptors (Lipinski definition) is 4. The van der Waals surface area contributed by atoms with E-state index in [9.17, 15) is 9.59 Å². The van der Waals surface area contributed by atoms with E-state index in [1.54, 1.807) is 0 Å². The summed E-state index contributed by atoms with van der Waals surface area (Å²) in [4.78, 5) is 30.6. The summed E-state index contributed by atoms with van der Waals surface area (Å²) in [5.74, 6) is 0.0714. The third kappa shape index (κ3) is 5.09. The molecule has 2 amide bonds. The number of hydrogen-bond donors (Lipinski definition) is 1. The van der Waals surface area contributed by atoms with E-state index in [2.05, 4.69) is 48.3 Å². The zero-order valence-corrected chi connectivity index (χ0v) is 19.5. The maximum absolute atomic E-state index is 13.2. The zero-order chi connectivity index (χ0) is 22.5. The van der Waals surface area contributed by atoms with Crippen molar-refractivity contribution in [3.63, 3.8) is 0 Å². The number of piperazine rings is 1. The minimum atomic E-state index is -0.00871. The lowest BCUT2D eigenvalue weighted by Gasteiger charge is -2.34. The van der Waals surface area contributed by atoms with Gasteiger partial charge in [-0.1, -0.05) is 55.0 Å². The van der Waals surface area contributed by atoms with Crippen LogP contribution in [-0.2, 0) is 11.2 Å². The number of thiophene rings is 1. The Morgan fingerprint density at radius 3 is 2.41 bits per heavy atom. The van der Waals surface area contributed by atoms with Crippen LogP contribution in [0.2, 0.25) is 0 Å². The second kappa shape index (κ2) is 10.1. The van der Waals surface area contributed by atoms with Crippen LogP contribution in [-0.4, -0.2) is 54.3 Å². The van der Waals surface area contributed by atoms with Gasteiger partial charge in [0.2, 0.25) is 5.91 Å². The molecule has 1 saturated heterocycles. The standard InChI is InChI=1S/C26H29N3O2S/c1-3-20-6-4-5-7-23(20)27-24(30)18-28-13-15-29(16-14-28)26(31)25-22(12-17-32-25)21-10-8-19(2)9-11-21/h4-12,17H,3,13-16,18H2,1-2H3,(H,27,30). The Morgan fingerprint density at radius 1 is 0.969 bits per heavy atom. The average Bonchev–Trinajstić information content (AvgIpc) is 3.30. The molecule has 6 heteroatoms. The van der Waals surface area contributed by atoms with Crippen molar-refractivity contribution in [3.8, 4) is 11.1 Å². The smallest absolute Gasteiger partial charge is 0.264 e. The molecule has 1 aliphatic heterocycles. The summed E-state index contributed by atoms with van der Waals surface area (Å²) >= 11 is 1.50. The van der Waals surface area contributed by atoms with Gasteiger partial charge >= 0.3 is 0 Å². The van der Waals surface area contributed by atoms with E-state index < -0.39 is 0 Å². The molecule has 3 aromatic rings. The molecule has 1 fully saturated rings. The first-order valence-corrected chi connectivity index (χ1v) is 12.0. The lowest BCUT2D eigenvalue weighted by atomic mass is 10.0. The highest BCUT2D eigenvalue weighted by molar-refractivity contribution is 7.12. The van der Waals surface area contributed by atoms with Crippen molar-refractivity contribution in [3.05, 3.63) is 76.0 Å². The highest BCUT2D eigenvalue weighted by Crippen LogP contribution is 2.30. The van der Waals surface area contributed by atoms with Gasteiger partial charge in [-0.25, -0.2) is 0 Å². The van der Waals surface area contributed by atoms with Crippen LogP contribution in [0.15, 0.2) is 60.0 Å². The lowest BCUT2D eigenvalue weighted by Crippen LogP contribution is -2.50. The first kappa shape index (κ1) is 22.2. The molecule has 1 N–H and O–H groups in total. The number of aryl methyl sites for hydroxylation is 2. The molecule has 2 aromatic carbocycles. The van der Waals surface area contributed by atoms with Crippen LogP contribution in [0, 0.1) is 6.92 Å². The predicted octanol–water partition coefficient (Wildman–Crippen LogP) is 4.68. The number of rotatable bonds is 6. The normalized spacial score (nSPS) is 14.4. The van der Waals surface area contributed by atoms with Crippen molar-refractivity contribution in [2.24, 2.45) is 0 Å². The van der Waals surface area contributed by atoms with Crippen molar-refractivity contribution < 1.29 is 9.59 Å². The molecule has 0 spiro atoms. The molecule has 4 rings (SSSR count). The molecule has 2 heterocycles. The minimum absolute atomic E-state index is 0.00871. The van der Waals surface area contributed by atoms with Crippen LogP contribution in [0.4, 0.5) is 5.69 Å². The van der Waals surface area contributed by atoms with E-state index in [0.29, 0.717) is 32.7 Å². The molecule has 0 bridgehead atoms. The van der Waals surface area contributed by atoms with Crippen molar-refractivity contribution in [2.75, 3.05) is 38.0 Å². The van der Waals surface area contributed by atoms with Crippen LogP contribution in [0.1, 0.15) is 27.7 Å². The van der Waals surface area contributed by atoms with Crippen molar-refractivity contribution >= 4 is 28.8 Å². The van der Waals surface area contributed by atoms with Gasteiger partial charge < -0.3 is 10.2 Å². The fraction of sp³-hybridized carbons (Fsp3) is 0.308. The Morgan fingerprint density at radius 2 is 1.69 bits per heavy atom. The quantitative estimate of drug-likeness (QED) is 0.597. The summed E-state index contributed by atoms with van der Waals surface area (Å²) in [5, 5.41) is 5.02. The molecule has 32 heavy (non-hydrogen) atoms. The summed E-state index contributed by atoms with van der Waals surface area (Å²) in [6.45, 7) is 7.13. The molecule has 0 radical (unpaired) electrons. The van der Waals surface area contributed by atoms with Gasteiger partial charge in [-0.15, -0.1) is 11.3 Å². The van der Waals surface area contributed by atoms with E-state index in [4.69, 9.17) is 0 Å². The van der Waals surface area contributed by atoms with E-state index in [1.165, 1.54) is 16.9 Å². The highest BCUT2D eigenvalue weighted by atomic mass is 32.1. The SMILES string of the molecule is CCc1ccccc1NC(=O)CN1CCN(C(=O)c2sccc2-c2ccc(C)cc2)CC1. The third-order valence-electron chi connectivity index (χ3n) is 5.92. The molecular weight excluding hydrogens is 418 g/mol. The van der Waals surface area contributed by atoms with Gasteiger partial charge in [-0.3, -0.25) is 14.5 Å². The van der Waals surface area contributed by atoms with E-state index in [1.807, 2.05) is 40.6 Å². The summed E-state index contributed by atoms with van der Waals surface area (Å²) < 4.78 is 0. The molecule has 0 aliphatic carbocycles. The molecule has 0 saturated carbocycles. The topological polar surface area (TPSA) is 52.7 Å². The largest absolute Gasteiger partial charge is 0.335 e. The first-order valence-electron chi connectivity index (χ1n) is 11.1. The Labute approximate surface area is 193 Å². The molecular formula is C26H29N3O2S. The lowest BCUT2D eigenvalue weighted by molar-refractivity contribution is -0.117. The summed E-state index contributed by atoms with van der Waals surface area (Å²) in [5.41, 5.74) is 5.29. The van der Waals surface area contributed by atoms with Crippen LogP contribution in [0.25, 0.3) is 11.1 Å². The molecule has 1 aromatic heterocycles. The van der Waals surface area contributed by atoms with Gasteiger partial charge in [0, 0.05) is 37.4 Å². The van der Waals surface area contributed by atoms with Gasteiger partial charge in [0.15, 0.2) is 0 Å². The number of para-hydroxylation sites is 1. The van der Waals surface area contributed by atoms with E-state index in [0.717, 1.165) is 33.7 Å². The van der Waals surface area contributed by atoms with Gasteiger partial charge in [-0.05, 0) is 42.0 Å². The molecule has 5 nitrogen and oxygen atoms in total. The second-order valence-electron chi connectivity index (χ2n) is 8.16. The maximum atomic E-state index is 13.2. The Hall–Kier alpha value is -2.96. The number of amides is 2. The van der Waals surface area contributed by atoms with Gasteiger partial charge in [0.25, 0.3) is 5.91 Å². The van der Waals surface area contributed by atoms with Gasteiger partial charge in [-0.2, -0.15) is 0 Å². The van der Waals surface area contributed by atoms with Crippen LogP contribution < -0.4 is 5.32 Å². The minimum Gasteiger partial charge on any atom is -0.335 e. The third-order valence-corrected chi connectivity index (χ3v) is 6.82. The fourth-order valence-electron chi connectivity index (χ4n) is 4.03. The summed E-state index contributed by atoms with van der Waals surface area (Å²) in [6, 6.07) is 18.2. The molecule has 166 valence electrons. The number of anilines is 1. The van der Waals surface area contributed by atoms with Crippen LogP contribution >= 0.6 is 11.3 Å². The van der Waals surface area contributed by atoms with Crippen LogP contribution in [0.3, 0.4) is 0 Å². The summed E-state index contributed by atoms with van der Waals surface area (Å²) in [6.07, 6.45) is 0.879. The average molecular weight is 448 g/mol. The maximum Gasteiger partial charge on any atom is 0.264 e. The fourth-order valence-corrected chi connectivity index (χ4v) is 4.91. The number of benzene rings is 2.